The molecule has 0 bridgehead atoms. The van der Waals surface area contributed by atoms with E-state index in [0.29, 0.717) is 12.5 Å². The highest BCUT2D eigenvalue weighted by Gasteiger charge is 2.16. The highest BCUT2D eigenvalue weighted by molar-refractivity contribution is 7.89. The number of rotatable bonds is 14. The van der Waals surface area contributed by atoms with E-state index in [0.717, 1.165) is 24.2 Å². The van der Waals surface area contributed by atoms with Crippen molar-refractivity contribution in [3.05, 3.63) is 62.9 Å². The first-order chi connectivity index (χ1) is 15.2. The summed E-state index contributed by atoms with van der Waals surface area (Å²) in [5, 5.41) is 0. The topological polar surface area (TPSA) is 119 Å². The SMILES string of the molecule is CC[C@H](C)CCOc1cccc([C@@H](C)NS(=O)(=O)CCCOCn2ccc(=O)[nH]c2=O)c1. The van der Waals surface area contributed by atoms with Crippen LogP contribution in [0.3, 0.4) is 0 Å². The van der Waals surface area contributed by atoms with Crippen LogP contribution < -0.4 is 20.7 Å². The minimum absolute atomic E-state index is 0.0662. The van der Waals surface area contributed by atoms with Gasteiger partial charge in [-0.3, -0.25) is 14.3 Å². The fourth-order valence-electron chi connectivity index (χ4n) is 2.91. The molecule has 9 nitrogen and oxygen atoms in total. The Balaban J connectivity index is 1.77. The Morgan fingerprint density at radius 3 is 2.66 bits per heavy atom. The minimum Gasteiger partial charge on any atom is -0.494 e. The number of hydrogen-bond acceptors (Lipinski definition) is 6. The van der Waals surface area contributed by atoms with E-state index >= 15 is 0 Å². The molecule has 2 atom stereocenters. The van der Waals surface area contributed by atoms with Crippen molar-refractivity contribution in [1.82, 2.24) is 14.3 Å². The molecule has 2 rings (SSSR count). The van der Waals surface area contributed by atoms with E-state index in [1.807, 2.05) is 24.3 Å². The van der Waals surface area contributed by atoms with Crippen molar-refractivity contribution < 1.29 is 17.9 Å². The van der Waals surface area contributed by atoms with Crippen LogP contribution >= 0.6 is 0 Å². The zero-order chi connectivity index (χ0) is 23.6. The molecule has 2 aromatic rings. The summed E-state index contributed by atoms with van der Waals surface area (Å²) < 4.78 is 39.8. The molecule has 1 aromatic carbocycles. The van der Waals surface area contributed by atoms with Gasteiger partial charge in [-0.25, -0.2) is 17.9 Å². The summed E-state index contributed by atoms with van der Waals surface area (Å²) in [6, 6.07) is 8.25. The Morgan fingerprint density at radius 1 is 1.16 bits per heavy atom. The van der Waals surface area contributed by atoms with E-state index < -0.39 is 27.3 Å². The third kappa shape index (κ3) is 8.97. The van der Waals surface area contributed by atoms with Crippen LogP contribution in [-0.4, -0.2) is 36.9 Å². The van der Waals surface area contributed by atoms with Crippen molar-refractivity contribution >= 4 is 10.0 Å². The molecule has 0 saturated heterocycles. The van der Waals surface area contributed by atoms with Crippen molar-refractivity contribution in [2.24, 2.45) is 5.92 Å². The standard InChI is InChI=1S/C22H33N3O6S/c1-4-17(2)10-13-31-20-8-5-7-19(15-20)18(3)24-32(28,29)14-6-12-30-16-25-11-9-21(26)23-22(25)27/h5,7-9,11,15,17-18,24H,4,6,10,12-14,16H2,1-3H3,(H,23,26,27)/t17-,18+/m0/s1. The molecule has 0 aliphatic rings. The lowest BCUT2D eigenvalue weighted by Crippen LogP contribution is -2.30. The molecular formula is C22H33N3O6S. The van der Waals surface area contributed by atoms with E-state index in [2.05, 4.69) is 23.6 Å². The van der Waals surface area contributed by atoms with Gasteiger partial charge in [0.1, 0.15) is 12.5 Å². The average Bonchev–Trinajstić information content (AvgIpc) is 2.74. The third-order valence-corrected chi connectivity index (χ3v) is 6.66. The molecule has 0 fully saturated rings. The maximum absolute atomic E-state index is 12.4. The highest BCUT2D eigenvalue weighted by atomic mass is 32.2. The maximum atomic E-state index is 12.4. The molecule has 1 aromatic heterocycles. The van der Waals surface area contributed by atoms with Gasteiger partial charge < -0.3 is 9.47 Å². The van der Waals surface area contributed by atoms with Crippen molar-refractivity contribution in [3.8, 4) is 5.75 Å². The van der Waals surface area contributed by atoms with Gasteiger partial charge in [-0.15, -0.1) is 0 Å². The zero-order valence-electron chi connectivity index (χ0n) is 18.9. The Kier molecular flexibility index (Phi) is 10.1. The molecule has 1 heterocycles. The smallest absolute Gasteiger partial charge is 0.330 e. The summed E-state index contributed by atoms with van der Waals surface area (Å²) in [5.41, 5.74) is -0.240. The van der Waals surface area contributed by atoms with Crippen LogP contribution in [0.1, 0.15) is 51.6 Å². The van der Waals surface area contributed by atoms with Crippen LogP contribution in [0.4, 0.5) is 0 Å². The summed E-state index contributed by atoms with van der Waals surface area (Å²) in [4.78, 5) is 24.7. The number of nitrogens with zero attached hydrogens (tertiary/aromatic N) is 1. The van der Waals surface area contributed by atoms with Crippen LogP contribution in [0.15, 0.2) is 46.1 Å². The predicted octanol–water partition coefficient (Wildman–Crippen LogP) is 2.40. The molecule has 0 spiro atoms. The number of aromatic amines is 1. The molecule has 32 heavy (non-hydrogen) atoms. The molecular weight excluding hydrogens is 434 g/mol. The van der Waals surface area contributed by atoms with Gasteiger partial charge in [0.05, 0.1) is 12.4 Å². The molecule has 0 unspecified atom stereocenters. The average molecular weight is 468 g/mol. The summed E-state index contributed by atoms with van der Waals surface area (Å²) in [6.07, 6.45) is 3.67. The van der Waals surface area contributed by atoms with Crippen molar-refractivity contribution in [2.45, 2.75) is 52.8 Å². The first kappa shape index (κ1) is 25.8. The Hall–Kier alpha value is -2.43. The second kappa shape index (κ2) is 12.6. The quantitative estimate of drug-likeness (QED) is 0.412. The van der Waals surface area contributed by atoms with Gasteiger partial charge >= 0.3 is 5.69 Å². The number of nitrogens with one attached hydrogen (secondary N) is 2. The number of benzene rings is 1. The molecule has 178 valence electrons. The van der Waals surface area contributed by atoms with E-state index in [1.54, 1.807) is 6.92 Å². The fraction of sp³-hybridized carbons (Fsp3) is 0.545. The number of H-pyrrole nitrogens is 1. The van der Waals surface area contributed by atoms with Crippen LogP contribution in [0.25, 0.3) is 0 Å². The Labute approximate surface area is 188 Å². The van der Waals surface area contributed by atoms with Gasteiger partial charge in [0, 0.05) is 24.9 Å². The molecule has 2 N–H and O–H groups in total. The minimum atomic E-state index is -3.52. The summed E-state index contributed by atoms with van der Waals surface area (Å²) in [7, 11) is -3.52. The summed E-state index contributed by atoms with van der Waals surface area (Å²) >= 11 is 0. The van der Waals surface area contributed by atoms with Gasteiger partial charge in [-0.2, -0.15) is 0 Å². The van der Waals surface area contributed by atoms with Gasteiger partial charge in [0.15, 0.2) is 0 Å². The van der Waals surface area contributed by atoms with Crippen molar-refractivity contribution in [2.75, 3.05) is 19.0 Å². The number of sulfonamides is 1. The second-order valence-electron chi connectivity index (χ2n) is 7.85. The monoisotopic (exact) mass is 467 g/mol. The predicted molar refractivity (Wildman–Crippen MR) is 123 cm³/mol. The number of aromatic nitrogens is 2. The van der Waals surface area contributed by atoms with E-state index in [1.165, 1.54) is 16.8 Å². The van der Waals surface area contributed by atoms with E-state index in [9.17, 15) is 18.0 Å². The highest BCUT2D eigenvalue weighted by Crippen LogP contribution is 2.20. The van der Waals surface area contributed by atoms with Crippen LogP contribution in [0, 0.1) is 5.92 Å². The first-order valence-electron chi connectivity index (χ1n) is 10.8. The number of hydrogen-bond donors (Lipinski definition) is 2. The molecule has 0 aliphatic heterocycles. The number of ether oxygens (including phenoxy) is 2. The third-order valence-electron chi connectivity index (χ3n) is 5.12. The largest absolute Gasteiger partial charge is 0.494 e. The summed E-state index contributed by atoms with van der Waals surface area (Å²) in [6.45, 7) is 6.84. The van der Waals surface area contributed by atoms with Crippen molar-refractivity contribution in [3.63, 3.8) is 0 Å². The molecule has 0 aliphatic carbocycles. The van der Waals surface area contributed by atoms with Crippen LogP contribution in [-0.2, 0) is 21.5 Å². The van der Waals surface area contributed by atoms with Gasteiger partial charge in [0.25, 0.3) is 5.56 Å². The maximum Gasteiger partial charge on any atom is 0.330 e. The van der Waals surface area contributed by atoms with Gasteiger partial charge in [-0.05, 0) is 43.4 Å². The lowest BCUT2D eigenvalue weighted by atomic mass is 10.1. The van der Waals surface area contributed by atoms with Crippen LogP contribution in [0.2, 0.25) is 0 Å². The van der Waals surface area contributed by atoms with E-state index in [-0.39, 0.29) is 25.5 Å². The fourth-order valence-corrected chi connectivity index (χ4v) is 4.20. The zero-order valence-corrected chi connectivity index (χ0v) is 19.7. The second-order valence-corrected chi connectivity index (χ2v) is 9.73. The normalized spacial score (nSPS) is 13.6. The van der Waals surface area contributed by atoms with Crippen molar-refractivity contribution in [1.29, 1.82) is 0 Å². The molecule has 10 heteroatoms. The Bertz CT molecular complexity index is 1060. The molecule has 0 radical (unpaired) electrons. The lowest BCUT2D eigenvalue weighted by Gasteiger charge is -2.16. The summed E-state index contributed by atoms with van der Waals surface area (Å²) in [5.74, 6) is 1.22. The van der Waals surface area contributed by atoms with Gasteiger partial charge in [0.2, 0.25) is 10.0 Å². The van der Waals surface area contributed by atoms with Gasteiger partial charge in [-0.1, -0.05) is 32.4 Å². The Morgan fingerprint density at radius 2 is 1.94 bits per heavy atom. The first-order valence-corrected chi connectivity index (χ1v) is 12.5. The lowest BCUT2D eigenvalue weighted by molar-refractivity contribution is 0.0744. The van der Waals surface area contributed by atoms with Crippen LogP contribution in [0.5, 0.6) is 5.75 Å². The molecule has 0 amide bonds. The molecule has 0 saturated carbocycles. The van der Waals surface area contributed by atoms with E-state index in [4.69, 9.17) is 9.47 Å².